The molecule has 7 nitrogen and oxygen atoms in total. The van der Waals surface area contributed by atoms with E-state index in [1.165, 1.54) is 0 Å². The summed E-state index contributed by atoms with van der Waals surface area (Å²) in [5.41, 5.74) is 5.33. The van der Waals surface area contributed by atoms with Gasteiger partial charge in [-0.1, -0.05) is 0 Å². The molecule has 0 spiro atoms. The van der Waals surface area contributed by atoms with Gasteiger partial charge >= 0.3 is 5.69 Å². The lowest BCUT2D eigenvalue weighted by molar-refractivity contribution is 0.439. The van der Waals surface area contributed by atoms with Gasteiger partial charge in [-0.2, -0.15) is 0 Å². The summed E-state index contributed by atoms with van der Waals surface area (Å²) in [6.45, 7) is 1.75. The summed E-state index contributed by atoms with van der Waals surface area (Å²) in [6.07, 6.45) is 0. The van der Waals surface area contributed by atoms with E-state index in [-0.39, 0.29) is 18.0 Å². The number of aromatic amines is 2. The van der Waals surface area contributed by atoms with Gasteiger partial charge in [0, 0.05) is 6.54 Å². The molecule has 1 aliphatic heterocycles. The number of aliphatic imine (C=N–C) groups is 1. The molecule has 2 heterocycles. The molecule has 0 radical (unpaired) electrons. The van der Waals surface area contributed by atoms with Crippen LogP contribution in [-0.2, 0) is 6.54 Å². The van der Waals surface area contributed by atoms with E-state index in [4.69, 9.17) is 5.73 Å². The summed E-state index contributed by atoms with van der Waals surface area (Å²) in [7, 11) is 0. The standard InChI is InChI=1S/C8H10IN5O2.ClH/c9-5-4(12-8(16)13-6(5)15)3-14-2-1-11-7(14)10;/h1-3H2,(H2,10,11)(H2,12,13,15,16);1H/i9-2;. The third kappa shape index (κ3) is 3.00. The second-order valence-corrected chi connectivity index (χ2v) is 4.44. The Morgan fingerprint density at radius 2 is 2.12 bits per heavy atom. The number of nitrogens with zero attached hydrogens (tertiary/aromatic N) is 2. The van der Waals surface area contributed by atoms with Crippen molar-refractivity contribution in [2.75, 3.05) is 13.1 Å². The molecule has 94 valence electrons. The van der Waals surface area contributed by atoms with E-state index in [0.717, 1.165) is 0 Å². The molecule has 0 saturated heterocycles. The predicted octanol–water partition coefficient (Wildman–Crippen LogP) is -0.780. The van der Waals surface area contributed by atoms with E-state index in [2.05, 4.69) is 15.0 Å². The van der Waals surface area contributed by atoms with Crippen molar-refractivity contribution in [3.63, 3.8) is 0 Å². The van der Waals surface area contributed by atoms with Gasteiger partial charge < -0.3 is 15.6 Å². The highest BCUT2D eigenvalue weighted by Crippen LogP contribution is 2.08. The lowest BCUT2D eigenvalue weighted by Gasteiger charge is -2.17. The predicted molar refractivity (Wildman–Crippen MR) is 74.5 cm³/mol. The molecular weight excluding hydrogens is 358 g/mol. The van der Waals surface area contributed by atoms with Crippen LogP contribution >= 0.6 is 35.0 Å². The van der Waals surface area contributed by atoms with Gasteiger partial charge in [0.25, 0.3) is 5.56 Å². The maximum atomic E-state index is 11.4. The molecule has 0 amide bonds. The maximum Gasteiger partial charge on any atom is 0.326 e. The van der Waals surface area contributed by atoms with Crippen LogP contribution in [0.15, 0.2) is 14.6 Å². The molecule has 17 heavy (non-hydrogen) atoms. The fourth-order valence-corrected chi connectivity index (χ4v) is 1.92. The third-order valence-electron chi connectivity index (χ3n) is 2.27. The number of rotatable bonds is 2. The van der Waals surface area contributed by atoms with Gasteiger partial charge in [0.05, 0.1) is 22.4 Å². The average molecular weight is 370 g/mol. The third-order valence-corrected chi connectivity index (χ3v) is 3.41. The Morgan fingerprint density at radius 3 is 2.71 bits per heavy atom. The summed E-state index contributed by atoms with van der Waals surface area (Å²) in [5.74, 6) is 0.442. The number of aromatic nitrogens is 2. The van der Waals surface area contributed by atoms with Crippen LogP contribution in [0.3, 0.4) is 0 Å². The van der Waals surface area contributed by atoms with Crippen LogP contribution in [0, 0.1) is 3.57 Å². The second kappa shape index (κ2) is 5.54. The minimum absolute atomic E-state index is 0. The van der Waals surface area contributed by atoms with E-state index >= 15 is 0 Å². The number of nitrogens with two attached hydrogens (primary N) is 1. The van der Waals surface area contributed by atoms with E-state index < -0.39 is 5.69 Å². The lowest BCUT2D eigenvalue weighted by atomic mass is 10.3. The minimum Gasteiger partial charge on any atom is -0.370 e. The zero-order chi connectivity index (χ0) is 11.7. The molecule has 0 saturated carbocycles. The van der Waals surface area contributed by atoms with Crippen LogP contribution in [0.25, 0.3) is 0 Å². The van der Waals surface area contributed by atoms with Gasteiger partial charge in [0.1, 0.15) is 0 Å². The molecule has 0 bridgehead atoms. The van der Waals surface area contributed by atoms with Gasteiger partial charge in [-0.3, -0.25) is 14.8 Å². The summed E-state index contributed by atoms with van der Waals surface area (Å²) in [5, 5.41) is 0. The highest BCUT2D eigenvalue weighted by molar-refractivity contribution is 14.1. The molecule has 9 heteroatoms. The van der Waals surface area contributed by atoms with E-state index in [0.29, 0.717) is 34.9 Å². The molecule has 4 N–H and O–H groups in total. The SMILES string of the molecule is Cl.NC1=NCCN1Cc1[nH]c(=O)[nH]c(=O)c1[125I]. The molecule has 0 fully saturated rings. The zero-order valence-corrected chi connectivity index (χ0v) is 11.7. The van der Waals surface area contributed by atoms with Crippen LogP contribution in [0.5, 0.6) is 0 Å². The van der Waals surface area contributed by atoms with Crippen LogP contribution in [0.4, 0.5) is 0 Å². The molecule has 0 aliphatic carbocycles. The van der Waals surface area contributed by atoms with E-state index in [1.54, 1.807) is 0 Å². The molecule has 0 unspecified atom stereocenters. The van der Waals surface area contributed by atoms with Crippen molar-refractivity contribution in [3.8, 4) is 0 Å². The topological polar surface area (TPSA) is 107 Å². The first-order chi connectivity index (χ1) is 7.58. The number of guanidine groups is 1. The summed E-state index contributed by atoms with van der Waals surface area (Å²) < 4.78 is 0.469. The molecule has 1 aromatic rings. The molecule has 2 rings (SSSR count). The van der Waals surface area contributed by atoms with Crippen LogP contribution in [-0.4, -0.2) is 33.9 Å². The van der Waals surface area contributed by atoms with Crippen LogP contribution in [0.2, 0.25) is 0 Å². The van der Waals surface area contributed by atoms with Crippen LogP contribution in [0.1, 0.15) is 5.69 Å². The number of nitrogens with one attached hydrogen (secondary N) is 2. The van der Waals surface area contributed by atoms with Crippen molar-refractivity contribution in [1.29, 1.82) is 0 Å². The highest BCUT2D eigenvalue weighted by atomic mass is 125. The van der Waals surface area contributed by atoms with Gasteiger partial charge in [0.15, 0.2) is 5.96 Å². The Morgan fingerprint density at radius 1 is 1.41 bits per heavy atom. The molecule has 1 aliphatic rings. The fourth-order valence-electron chi connectivity index (χ4n) is 1.48. The molecule has 0 aromatic carbocycles. The van der Waals surface area contributed by atoms with Crippen molar-refractivity contribution in [2.45, 2.75) is 6.54 Å². The van der Waals surface area contributed by atoms with Gasteiger partial charge in [-0.25, -0.2) is 4.79 Å². The number of hydrogen-bond acceptors (Lipinski definition) is 5. The lowest BCUT2D eigenvalue weighted by Crippen LogP contribution is -2.36. The van der Waals surface area contributed by atoms with Crippen molar-refractivity contribution in [2.24, 2.45) is 10.7 Å². The Balaban J connectivity index is 0.00000144. The van der Waals surface area contributed by atoms with Gasteiger partial charge in [-0.15, -0.1) is 12.4 Å². The zero-order valence-electron chi connectivity index (χ0n) is 8.70. The Bertz CT molecular complexity index is 552. The number of halogens is 2. The van der Waals surface area contributed by atoms with Crippen molar-refractivity contribution < 1.29 is 0 Å². The second-order valence-electron chi connectivity index (χ2n) is 3.36. The smallest absolute Gasteiger partial charge is 0.326 e. The largest absolute Gasteiger partial charge is 0.370 e. The van der Waals surface area contributed by atoms with Crippen molar-refractivity contribution >= 4 is 41.0 Å². The quantitative estimate of drug-likeness (QED) is 0.594. The molecule has 0 atom stereocenters. The monoisotopic (exact) mass is 369 g/mol. The van der Waals surface area contributed by atoms with Gasteiger partial charge in [0.2, 0.25) is 0 Å². The van der Waals surface area contributed by atoms with Crippen LogP contribution < -0.4 is 17.0 Å². The van der Waals surface area contributed by atoms with Gasteiger partial charge in [-0.05, 0) is 22.6 Å². The minimum atomic E-state index is -0.505. The first-order valence-corrected chi connectivity index (χ1v) is 5.71. The number of hydrogen-bond donors (Lipinski definition) is 3. The Labute approximate surface area is 116 Å². The summed E-state index contributed by atoms with van der Waals surface area (Å²) >= 11 is 1.89. The number of H-pyrrole nitrogens is 2. The molecular formula is C8H11ClIN5O2. The Kier molecular flexibility index (Phi) is 4.57. The fraction of sp³-hybridized carbons (Fsp3) is 0.375. The van der Waals surface area contributed by atoms with E-state index in [9.17, 15) is 9.59 Å². The summed E-state index contributed by atoms with van der Waals surface area (Å²) in [6, 6.07) is 0. The average Bonchev–Trinajstić information content (AvgIpc) is 2.60. The van der Waals surface area contributed by atoms with Crippen molar-refractivity contribution in [1.82, 2.24) is 14.9 Å². The first-order valence-electron chi connectivity index (χ1n) is 4.64. The summed E-state index contributed by atoms with van der Waals surface area (Å²) in [4.78, 5) is 33.1. The van der Waals surface area contributed by atoms with Crippen molar-refractivity contribution in [3.05, 3.63) is 30.1 Å². The molecule has 1 aromatic heterocycles. The normalized spacial score (nSPS) is 14.4. The Hall–Kier alpha value is -1.03. The van der Waals surface area contributed by atoms with E-state index in [1.807, 2.05) is 27.5 Å². The maximum absolute atomic E-state index is 11.4. The highest BCUT2D eigenvalue weighted by Gasteiger charge is 2.16. The first kappa shape index (κ1) is 14.0.